The van der Waals surface area contributed by atoms with Gasteiger partial charge in [-0.05, 0) is 77.0 Å². The Hall–Kier alpha value is -2.51. The summed E-state index contributed by atoms with van der Waals surface area (Å²) in [7, 11) is -3.21. The van der Waals surface area contributed by atoms with Crippen molar-refractivity contribution in [3.05, 3.63) is 72.9 Å². The molecule has 304 valence electrons. The molecule has 0 spiro atoms. The van der Waals surface area contributed by atoms with E-state index in [4.69, 9.17) is 14.0 Å². The zero-order chi connectivity index (χ0) is 38.9. The van der Waals surface area contributed by atoms with Crippen molar-refractivity contribution in [3.63, 3.8) is 0 Å². The van der Waals surface area contributed by atoms with Crippen LogP contribution in [0.2, 0.25) is 0 Å². The lowest BCUT2D eigenvalue weighted by molar-refractivity contribution is -0.161. The smallest absolute Gasteiger partial charge is 0.462 e. The standard InChI is InChI=1S/C44H75O8P/c1-4-6-8-10-12-14-16-18-19-20-21-22-23-24-25-27-29-31-33-35-37-39-44(46)52-42(41-51-53(47,48)49-3)40-50-43(45)38-36-34-32-30-28-26-17-15-13-11-9-7-5-2/h6,8-9,11-12,14-15,17-19,21-22,42H,4-5,7,10,13,16,20,23-41H2,1-3H3,(H,47,48)/b8-6-,11-9-,14-12-,17-15-,19-18-,22-21-. The lowest BCUT2D eigenvalue weighted by atomic mass is 10.1. The van der Waals surface area contributed by atoms with Crippen molar-refractivity contribution < 1.29 is 37.6 Å². The molecule has 8 nitrogen and oxygen atoms in total. The van der Waals surface area contributed by atoms with Crippen LogP contribution in [0.15, 0.2) is 72.9 Å². The van der Waals surface area contributed by atoms with Crippen LogP contribution in [0.25, 0.3) is 0 Å². The molecule has 0 aliphatic carbocycles. The summed E-state index contributed by atoms with van der Waals surface area (Å²) >= 11 is 0. The maximum Gasteiger partial charge on any atom is 0.472 e. The highest BCUT2D eigenvalue weighted by atomic mass is 31.2. The van der Waals surface area contributed by atoms with E-state index in [9.17, 15) is 19.0 Å². The summed E-state index contributed by atoms with van der Waals surface area (Å²) in [6.07, 6.45) is 49.5. The summed E-state index contributed by atoms with van der Waals surface area (Å²) in [6.45, 7) is 3.68. The van der Waals surface area contributed by atoms with Crippen LogP contribution in [0, 0.1) is 0 Å². The minimum absolute atomic E-state index is 0.228. The van der Waals surface area contributed by atoms with Gasteiger partial charge in [-0.15, -0.1) is 0 Å². The van der Waals surface area contributed by atoms with E-state index in [1.807, 2.05) is 0 Å². The highest BCUT2D eigenvalue weighted by Gasteiger charge is 2.24. The fourth-order valence-electron chi connectivity index (χ4n) is 5.27. The Bertz CT molecular complexity index is 1090. The van der Waals surface area contributed by atoms with Gasteiger partial charge in [0.2, 0.25) is 0 Å². The maximum absolute atomic E-state index is 12.5. The Labute approximate surface area is 323 Å². The molecule has 0 saturated carbocycles. The van der Waals surface area contributed by atoms with Gasteiger partial charge in [-0.2, -0.15) is 0 Å². The molecular weight excluding hydrogens is 687 g/mol. The van der Waals surface area contributed by atoms with Crippen LogP contribution >= 0.6 is 7.82 Å². The van der Waals surface area contributed by atoms with Gasteiger partial charge in [0.05, 0.1) is 6.61 Å². The predicted octanol–water partition coefficient (Wildman–Crippen LogP) is 12.9. The molecule has 53 heavy (non-hydrogen) atoms. The molecular formula is C44H75O8P. The molecule has 0 amide bonds. The highest BCUT2D eigenvalue weighted by Crippen LogP contribution is 2.42. The molecule has 2 unspecified atom stereocenters. The molecule has 0 saturated heterocycles. The van der Waals surface area contributed by atoms with Crippen molar-refractivity contribution in [2.45, 2.75) is 174 Å². The summed E-state index contributed by atoms with van der Waals surface area (Å²) in [6, 6.07) is 0. The number of hydrogen-bond acceptors (Lipinski definition) is 7. The average molecular weight is 763 g/mol. The predicted molar refractivity (Wildman–Crippen MR) is 221 cm³/mol. The highest BCUT2D eigenvalue weighted by molar-refractivity contribution is 7.47. The van der Waals surface area contributed by atoms with Gasteiger partial charge in [0, 0.05) is 20.0 Å². The molecule has 1 N–H and O–H groups in total. The molecule has 0 rings (SSSR count). The number of unbranched alkanes of at least 4 members (excludes halogenated alkanes) is 14. The van der Waals surface area contributed by atoms with E-state index < -0.39 is 32.5 Å². The van der Waals surface area contributed by atoms with Gasteiger partial charge in [-0.3, -0.25) is 18.6 Å². The fraction of sp³-hybridized carbons (Fsp3) is 0.682. The molecule has 0 radical (unpaired) electrons. The van der Waals surface area contributed by atoms with Crippen molar-refractivity contribution in [3.8, 4) is 0 Å². The first-order chi connectivity index (χ1) is 25.8. The lowest BCUT2D eigenvalue weighted by Gasteiger charge is -2.19. The third kappa shape index (κ3) is 39.0. The minimum atomic E-state index is -4.27. The van der Waals surface area contributed by atoms with Gasteiger partial charge in [-0.1, -0.05) is 151 Å². The van der Waals surface area contributed by atoms with Crippen LogP contribution in [0.3, 0.4) is 0 Å². The molecule has 0 aromatic carbocycles. The van der Waals surface area contributed by atoms with Crippen molar-refractivity contribution in [2.24, 2.45) is 0 Å². The number of esters is 2. The largest absolute Gasteiger partial charge is 0.472 e. The molecule has 9 heteroatoms. The van der Waals surface area contributed by atoms with Crippen LogP contribution in [0.5, 0.6) is 0 Å². The summed E-state index contributed by atoms with van der Waals surface area (Å²) in [4.78, 5) is 34.4. The van der Waals surface area contributed by atoms with Crippen molar-refractivity contribution in [1.29, 1.82) is 0 Å². The van der Waals surface area contributed by atoms with Gasteiger partial charge in [-0.25, -0.2) is 4.57 Å². The van der Waals surface area contributed by atoms with Gasteiger partial charge < -0.3 is 14.4 Å². The number of carbonyl (C=O) groups excluding carboxylic acids is 2. The van der Waals surface area contributed by atoms with E-state index in [1.165, 1.54) is 32.1 Å². The zero-order valence-electron chi connectivity index (χ0n) is 33.6. The van der Waals surface area contributed by atoms with Crippen LogP contribution in [-0.4, -0.2) is 43.3 Å². The number of carbonyl (C=O) groups is 2. The molecule has 0 aliphatic heterocycles. The first-order valence-electron chi connectivity index (χ1n) is 20.6. The second kappa shape index (κ2) is 39.2. The SMILES string of the molecule is CC/C=C\C/C=C\C/C=C\C/C=C\CCCCCCCCCCC(=O)OC(COC(=O)CCCCCCC/C=C\C/C=C\CCC)COP(=O)(O)OC. The zero-order valence-corrected chi connectivity index (χ0v) is 34.5. The molecule has 0 aromatic heterocycles. The topological polar surface area (TPSA) is 108 Å². The molecule has 0 aliphatic rings. The monoisotopic (exact) mass is 763 g/mol. The van der Waals surface area contributed by atoms with Gasteiger partial charge in [0.1, 0.15) is 6.61 Å². The Morgan fingerprint density at radius 2 is 0.962 bits per heavy atom. The van der Waals surface area contributed by atoms with Crippen molar-refractivity contribution in [1.82, 2.24) is 0 Å². The van der Waals surface area contributed by atoms with Crippen LogP contribution in [0.4, 0.5) is 0 Å². The van der Waals surface area contributed by atoms with Crippen molar-refractivity contribution in [2.75, 3.05) is 20.3 Å². The minimum Gasteiger partial charge on any atom is -0.462 e. The van der Waals surface area contributed by atoms with Gasteiger partial charge >= 0.3 is 19.8 Å². The van der Waals surface area contributed by atoms with Crippen LogP contribution in [0.1, 0.15) is 168 Å². The first kappa shape index (κ1) is 50.5. The second-order valence-corrected chi connectivity index (χ2v) is 14.9. The Balaban J connectivity index is 4.04. The Morgan fingerprint density at radius 1 is 0.547 bits per heavy atom. The van der Waals surface area contributed by atoms with Gasteiger partial charge in [0.15, 0.2) is 6.10 Å². The van der Waals surface area contributed by atoms with E-state index in [-0.39, 0.29) is 19.4 Å². The number of ether oxygens (including phenoxy) is 2. The summed E-state index contributed by atoms with van der Waals surface area (Å²) in [5.41, 5.74) is 0. The molecule has 0 heterocycles. The summed E-state index contributed by atoms with van der Waals surface area (Å²) in [5, 5.41) is 0. The number of rotatable bonds is 37. The fourth-order valence-corrected chi connectivity index (χ4v) is 5.73. The molecule has 2 atom stereocenters. The average Bonchev–Trinajstić information content (AvgIpc) is 3.15. The van der Waals surface area contributed by atoms with E-state index in [0.29, 0.717) is 6.42 Å². The van der Waals surface area contributed by atoms with Gasteiger partial charge in [0.25, 0.3) is 0 Å². The Morgan fingerprint density at radius 3 is 1.43 bits per heavy atom. The quantitative estimate of drug-likeness (QED) is 0.0288. The number of phosphoric ester groups is 1. The van der Waals surface area contributed by atoms with E-state index in [2.05, 4.69) is 91.3 Å². The van der Waals surface area contributed by atoms with Crippen LogP contribution in [-0.2, 0) is 32.7 Å². The lowest BCUT2D eigenvalue weighted by Crippen LogP contribution is -2.29. The molecule has 0 fully saturated rings. The maximum atomic E-state index is 12.5. The number of allylic oxidation sites excluding steroid dienone is 12. The number of phosphoric acid groups is 1. The third-order valence-corrected chi connectivity index (χ3v) is 9.35. The van der Waals surface area contributed by atoms with Crippen LogP contribution < -0.4 is 0 Å². The molecule has 0 aromatic rings. The number of hydrogen-bond donors (Lipinski definition) is 1. The van der Waals surface area contributed by atoms with Crippen molar-refractivity contribution >= 4 is 19.8 Å². The van der Waals surface area contributed by atoms with E-state index >= 15 is 0 Å². The summed E-state index contributed by atoms with van der Waals surface area (Å²) in [5.74, 6) is -0.836. The third-order valence-electron chi connectivity index (χ3n) is 8.42. The van der Waals surface area contributed by atoms with E-state index in [0.717, 1.165) is 110 Å². The second-order valence-electron chi connectivity index (χ2n) is 13.4. The Kier molecular flexibility index (Phi) is 37.3. The molecule has 0 bridgehead atoms. The summed E-state index contributed by atoms with van der Waals surface area (Å²) < 4.78 is 31.9. The normalized spacial score (nSPS) is 14.1. The van der Waals surface area contributed by atoms with E-state index in [1.54, 1.807) is 0 Å². The first-order valence-corrected chi connectivity index (χ1v) is 22.1.